The summed E-state index contributed by atoms with van der Waals surface area (Å²) in [5.41, 5.74) is 7.31. The van der Waals surface area contributed by atoms with Crippen molar-refractivity contribution >= 4 is 5.69 Å². The largest absolute Gasteiger partial charge is 0.390 e. The van der Waals surface area contributed by atoms with Gasteiger partial charge in [0.15, 0.2) is 0 Å². The molecule has 0 spiro atoms. The summed E-state index contributed by atoms with van der Waals surface area (Å²) in [6.07, 6.45) is 4.58. The number of aliphatic hydroxyl groups is 1. The van der Waals surface area contributed by atoms with E-state index in [2.05, 4.69) is 16.0 Å². The Morgan fingerprint density at radius 3 is 2.78 bits per heavy atom. The average Bonchev–Trinajstić information content (AvgIpc) is 2.50. The van der Waals surface area contributed by atoms with Gasteiger partial charge in [0.1, 0.15) is 0 Å². The third kappa shape index (κ3) is 3.21. The summed E-state index contributed by atoms with van der Waals surface area (Å²) in [6.45, 7) is 5.72. The Bertz CT molecular complexity index is 387. The molecule has 0 aliphatic carbocycles. The molecule has 0 aromatic carbocycles. The molecule has 100 valence electrons. The summed E-state index contributed by atoms with van der Waals surface area (Å²) in [5.74, 6) is 0. The molecular weight excluding hydrogens is 226 g/mol. The first-order valence-electron chi connectivity index (χ1n) is 6.67. The maximum absolute atomic E-state index is 10.1. The van der Waals surface area contributed by atoms with Crippen LogP contribution in [-0.4, -0.2) is 28.8 Å². The van der Waals surface area contributed by atoms with Gasteiger partial charge in [0.25, 0.3) is 0 Å². The Kier molecular flexibility index (Phi) is 3.88. The summed E-state index contributed by atoms with van der Waals surface area (Å²) in [5, 5.41) is 10.1. The Labute approximate surface area is 109 Å². The second-order valence-corrected chi connectivity index (χ2v) is 5.57. The molecule has 3 N–H and O–H groups in total. The predicted molar refractivity (Wildman–Crippen MR) is 73.5 cm³/mol. The number of nitrogens with two attached hydrogens (primary N) is 1. The topological polar surface area (TPSA) is 62.4 Å². The first kappa shape index (κ1) is 13.3. The zero-order valence-corrected chi connectivity index (χ0v) is 11.3. The minimum Gasteiger partial charge on any atom is -0.390 e. The highest BCUT2D eigenvalue weighted by Crippen LogP contribution is 2.25. The Balaban J connectivity index is 2.07. The molecule has 4 heteroatoms. The number of anilines is 1. The third-order valence-corrected chi connectivity index (χ3v) is 3.67. The standard InChI is InChI=1S/C14H23N3O/c1-11(15)13-5-4-12(10-16-13)17-8-3-6-14(2,18)7-9-17/h4-5,10-11,18H,3,6-9,15H2,1-2H3/t11-,14?/m0/s1. The molecule has 2 atom stereocenters. The fourth-order valence-electron chi connectivity index (χ4n) is 2.38. The van der Waals surface area contributed by atoms with Crippen LogP contribution in [0.25, 0.3) is 0 Å². The van der Waals surface area contributed by atoms with Gasteiger partial charge in [-0.1, -0.05) is 0 Å². The number of hydrogen-bond donors (Lipinski definition) is 2. The fourth-order valence-corrected chi connectivity index (χ4v) is 2.38. The number of aromatic nitrogens is 1. The van der Waals surface area contributed by atoms with Gasteiger partial charge in [-0.2, -0.15) is 0 Å². The van der Waals surface area contributed by atoms with Gasteiger partial charge in [-0.3, -0.25) is 4.98 Å². The van der Waals surface area contributed by atoms with Crippen LogP contribution in [0.4, 0.5) is 5.69 Å². The van der Waals surface area contributed by atoms with Crippen LogP contribution >= 0.6 is 0 Å². The van der Waals surface area contributed by atoms with Crippen LogP contribution < -0.4 is 10.6 Å². The number of hydrogen-bond acceptors (Lipinski definition) is 4. The van der Waals surface area contributed by atoms with E-state index in [9.17, 15) is 5.11 Å². The second-order valence-electron chi connectivity index (χ2n) is 5.57. The Morgan fingerprint density at radius 2 is 2.17 bits per heavy atom. The Hall–Kier alpha value is -1.13. The predicted octanol–water partition coefficient (Wildman–Crippen LogP) is 1.84. The van der Waals surface area contributed by atoms with Crippen molar-refractivity contribution in [2.45, 2.75) is 44.8 Å². The molecule has 1 aromatic heterocycles. The molecule has 18 heavy (non-hydrogen) atoms. The van der Waals surface area contributed by atoms with E-state index >= 15 is 0 Å². The average molecular weight is 249 g/mol. The first-order chi connectivity index (χ1) is 8.48. The number of pyridine rings is 1. The third-order valence-electron chi connectivity index (χ3n) is 3.67. The van der Waals surface area contributed by atoms with Crippen molar-refractivity contribution in [2.24, 2.45) is 5.73 Å². The van der Waals surface area contributed by atoms with Crippen LogP contribution in [0.5, 0.6) is 0 Å². The summed E-state index contributed by atoms with van der Waals surface area (Å²) < 4.78 is 0. The lowest BCUT2D eigenvalue weighted by Gasteiger charge is -2.24. The molecule has 1 unspecified atom stereocenters. The minimum absolute atomic E-state index is 0.0242. The fraction of sp³-hybridized carbons (Fsp3) is 0.643. The van der Waals surface area contributed by atoms with E-state index < -0.39 is 5.60 Å². The van der Waals surface area contributed by atoms with Crippen molar-refractivity contribution in [3.8, 4) is 0 Å². The van der Waals surface area contributed by atoms with Crippen molar-refractivity contribution in [1.29, 1.82) is 0 Å². The molecule has 1 aromatic rings. The molecule has 0 saturated carbocycles. The second kappa shape index (κ2) is 5.24. The smallest absolute Gasteiger partial charge is 0.0637 e. The van der Waals surface area contributed by atoms with Gasteiger partial charge in [0.05, 0.1) is 23.2 Å². The summed E-state index contributed by atoms with van der Waals surface area (Å²) in [7, 11) is 0. The molecule has 1 fully saturated rings. The molecule has 0 radical (unpaired) electrons. The van der Waals surface area contributed by atoms with Crippen molar-refractivity contribution in [3.05, 3.63) is 24.0 Å². The zero-order chi connectivity index (χ0) is 13.2. The van der Waals surface area contributed by atoms with Crippen LogP contribution in [-0.2, 0) is 0 Å². The lowest BCUT2D eigenvalue weighted by molar-refractivity contribution is 0.0481. The number of nitrogens with zero attached hydrogens (tertiary/aromatic N) is 2. The molecule has 1 saturated heterocycles. The minimum atomic E-state index is -0.520. The Morgan fingerprint density at radius 1 is 1.39 bits per heavy atom. The lowest BCUT2D eigenvalue weighted by atomic mass is 9.98. The molecule has 2 rings (SSSR count). The van der Waals surface area contributed by atoms with E-state index in [1.165, 1.54) is 0 Å². The van der Waals surface area contributed by atoms with Gasteiger partial charge >= 0.3 is 0 Å². The molecule has 1 aliphatic rings. The van der Waals surface area contributed by atoms with Crippen LogP contribution in [0.15, 0.2) is 18.3 Å². The van der Waals surface area contributed by atoms with Gasteiger partial charge in [0.2, 0.25) is 0 Å². The molecule has 1 aliphatic heterocycles. The highest BCUT2D eigenvalue weighted by molar-refractivity contribution is 5.45. The van der Waals surface area contributed by atoms with Crippen LogP contribution in [0.3, 0.4) is 0 Å². The van der Waals surface area contributed by atoms with Crippen molar-refractivity contribution in [1.82, 2.24) is 4.98 Å². The molecule has 0 amide bonds. The number of rotatable bonds is 2. The van der Waals surface area contributed by atoms with E-state index in [1.54, 1.807) is 0 Å². The highest BCUT2D eigenvalue weighted by atomic mass is 16.3. The van der Waals surface area contributed by atoms with E-state index in [0.717, 1.165) is 43.7 Å². The van der Waals surface area contributed by atoms with Crippen molar-refractivity contribution in [3.63, 3.8) is 0 Å². The van der Waals surface area contributed by atoms with E-state index in [4.69, 9.17) is 5.73 Å². The van der Waals surface area contributed by atoms with Crippen LogP contribution in [0, 0.1) is 0 Å². The van der Waals surface area contributed by atoms with Gasteiger partial charge in [-0.15, -0.1) is 0 Å². The highest BCUT2D eigenvalue weighted by Gasteiger charge is 2.25. The maximum atomic E-state index is 10.1. The first-order valence-corrected chi connectivity index (χ1v) is 6.67. The van der Waals surface area contributed by atoms with Crippen molar-refractivity contribution in [2.75, 3.05) is 18.0 Å². The molecular formula is C14H23N3O. The quantitative estimate of drug-likeness (QED) is 0.839. The normalized spacial score (nSPS) is 26.8. The van der Waals surface area contributed by atoms with E-state index in [1.807, 2.05) is 26.1 Å². The van der Waals surface area contributed by atoms with E-state index in [0.29, 0.717) is 0 Å². The van der Waals surface area contributed by atoms with Gasteiger partial charge in [0, 0.05) is 19.1 Å². The summed E-state index contributed by atoms with van der Waals surface area (Å²) in [4.78, 5) is 6.68. The van der Waals surface area contributed by atoms with E-state index in [-0.39, 0.29) is 6.04 Å². The summed E-state index contributed by atoms with van der Waals surface area (Å²) >= 11 is 0. The molecule has 4 nitrogen and oxygen atoms in total. The summed E-state index contributed by atoms with van der Waals surface area (Å²) in [6, 6.07) is 4.04. The van der Waals surface area contributed by atoms with Gasteiger partial charge in [-0.25, -0.2) is 0 Å². The van der Waals surface area contributed by atoms with Crippen molar-refractivity contribution < 1.29 is 5.11 Å². The SMILES string of the molecule is C[C@H](N)c1ccc(N2CCCC(C)(O)CC2)cn1. The van der Waals surface area contributed by atoms with Gasteiger partial charge < -0.3 is 15.7 Å². The maximum Gasteiger partial charge on any atom is 0.0637 e. The van der Waals surface area contributed by atoms with Crippen LogP contribution in [0.2, 0.25) is 0 Å². The monoisotopic (exact) mass is 249 g/mol. The molecule has 0 bridgehead atoms. The molecule has 2 heterocycles. The van der Waals surface area contributed by atoms with Crippen LogP contribution in [0.1, 0.15) is 44.8 Å². The lowest BCUT2D eigenvalue weighted by Crippen LogP contribution is -2.28. The zero-order valence-electron chi connectivity index (χ0n) is 11.3. The van der Waals surface area contributed by atoms with Gasteiger partial charge in [-0.05, 0) is 45.2 Å².